The molecule has 0 radical (unpaired) electrons. The van der Waals surface area contributed by atoms with E-state index in [9.17, 15) is 9.59 Å². The van der Waals surface area contributed by atoms with Crippen molar-refractivity contribution >= 4 is 34.5 Å². The number of rotatable bonds is 8. The van der Waals surface area contributed by atoms with Crippen molar-refractivity contribution in [2.75, 3.05) is 32.7 Å². The summed E-state index contributed by atoms with van der Waals surface area (Å²) in [5, 5.41) is 9.90. The number of nitrogens with one attached hydrogen (secondary N) is 1. The van der Waals surface area contributed by atoms with E-state index >= 15 is 0 Å². The Morgan fingerprint density at radius 1 is 1.22 bits per heavy atom. The molecule has 0 spiro atoms. The fraction of sp³-hybridized carbons (Fsp3) is 0.526. The molecule has 0 atom stereocenters. The number of thiazole rings is 1. The van der Waals surface area contributed by atoms with E-state index in [1.807, 2.05) is 15.7 Å². The number of piperazine rings is 1. The minimum atomic E-state index is -0.0643. The van der Waals surface area contributed by atoms with Gasteiger partial charge in [0, 0.05) is 62.0 Å². The highest BCUT2D eigenvalue weighted by atomic mass is 32.1. The molecule has 2 aromatic heterocycles. The summed E-state index contributed by atoms with van der Waals surface area (Å²) in [6, 6.07) is 1.80. The van der Waals surface area contributed by atoms with Gasteiger partial charge in [-0.25, -0.2) is 4.98 Å². The smallest absolute Gasteiger partial charge is 0.252 e. The van der Waals surface area contributed by atoms with Crippen molar-refractivity contribution < 1.29 is 9.59 Å². The van der Waals surface area contributed by atoms with Crippen molar-refractivity contribution in [3.8, 4) is 0 Å². The van der Waals surface area contributed by atoms with Gasteiger partial charge in [-0.2, -0.15) is 11.3 Å². The number of aromatic nitrogens is 1. The lowest BCUT2D eigenvalue weighted by Crippen LogP contribution is -2.48. The van der Waals surface area contributed by atoms with Gasteiger partial charge >= 0.3 is 0 Å². The van der Waals surface area contributed by atoms with Gasteiger partial charge < -0.3 is 10.2 Å². The predicted octanol–water partition coefficient (Wildman–Crippen LogP) is 2.62. The second kappa shape index (κ2) is 9.96. The second-order valence-corrected chi connectivity index (χ2v) is 8.34. The Bertz CT molecular complexity index is 737. The van der Waals surface area contributed by atoms with Crippen molar-refractivity contribution in [2.24, 2.45) is 0 Å². The topological polar surface area (TPSA) is 65.5 Å². The molecular weight excluding hydrogens is 380 g/mol. The molecule has 3 heterocycles. The number of nitrogens with zero attached hydrogens (tertiary/aromatic N) is 3. The average Bonchev–Trinajstić information content (AvgIpc) is 3.37. The van der Waals surface area contributed by atoms with Crippen LogP contribution in [-0.4, -0.2) is 59.3 Å². The molecule has 0 bridgehead atoms. The molecule has 0 aromatic carbocycles. The molecule has 1 N–H and O–H groups in total. The Balaban J connectivity index is 1.31. The molecule has 0 aliphatic carbocycles. The summed E-state index contributed by atoms with van der Waals surface area (Å²) in [4.78, 5) is 33.1. The highest BCUT2D eigenvalue weighted by Gasteiger charge is 2.21. The summed E-state index contributed by atoms with van der Waals surface area (Å²) >= 11 is 3.23. The highest BCUT2D eigenvalue weighted by Crippen LogP contribution is 2.14. The summed E-state index contributed by atoms with van der Waals surface area (Å²) in [5.74, 6) is 0.118. The molecule has 2 amide bonds. The quantitative estimate of drug-likeness (QED) is 0.685. The van der Waals surface area contributed by atoms with Crippen LogP contribution in [-0.2, 0) is 17.8 Å². The van der Waals surface area contributed by atoms with Crippen LogP contribution >= 0.6 is 22.7 Å². The lowest BCUT2D eigenvalue weighted by atomic mass is 10.2. The minimum absolute atomic E-state index is 0.0643. The van der Waals surface area contributed by atoms with E-state index in [2.05, 4.69) is 27.5 Å². The Morgan fingerprint density at radius 3 is 2.70 bits per heavy atom. The normalized spacial score (nSPS) is 15.1. The Hall–Kier alpha value is -1.77. The molecular formula is C19H26N4O2S2. The molecule has 1 aliphatic heterocycles. The summed E-state index contributed by atoms with van der Waals surface area (Å²) in [6.07, 6.45) is 2.14. The molecule has 2 aromatic rings. The second-order valence-electron chi connectivity index (χ2n) is 6.61. The maximum absolute atomic E-state index is 12.4. The van der Waals surface area contributed by atoms with Crippen molar-refractivity contribution in [1.82, 2.24) is 20.1 Å². The van der Waals surface area contributed by atoms with Crippen LogP contribution in [0.2, 0.25) is 0 Å². The van der Waals surface area contributed by atoms with Crippen molar-refractivity contribution in [3.05, 3.63) is 38.5 Å². The number of carbonyl (C=O) groups is 2. The van der Waals surface area contributed by atoms with E-state index in [0.29, 0.717) is 24.9 Å². The Labute approximate surface area is 168 Å². The van der Waals surface area contributed by atoms with Crippen LogP contribution < -0.4 is 5.32 Å². The van der Waals surface area contributed by atoms with Crippen LogP contribution in [0.4, 0.5) is 0 Å². The third kappa shape index (κ3) is 5.85. The number of aryl methyl sites for hydroxylation is 1. The summed E-state index contributed by atoms with van der Waals surface area (Å²) < 4.78 is 0. The zero-order chi connectivity index (χ0) is 19.1. The lowest BCUT2D eigenvalue weighted by Gasteiger charge is -2.34. The fourth-order valence-electron chi connectivity index (χ4n) is 3.06. The molecule has 1 aliphatic rings. The maximum Gasteiger partial charge on any atom is 0.252 e. The molecule has 3 rings (SSSR count). The van der Waals surface area contributed by atoms with Gasteiger partial charge in [-0.3, -0.25) is 14.5 Å². The molecule has 6 nitrogen and oxygen atoms in total. The Morgan fingerprint density at radius 2 is 2.04 bits per heavy atom. The summed E-state index contributed by atoms with van der Waals surface area (Å²) in [6.45, 7) is 6.84. The molecule has 1 saturated heterocycles. The fourth-order valence-corrected chi connectivity index (χ4v) is 4.44. The van der Waals surface area contributed by atoms with Crippen molar-refractivity contribution in [3.63, 3.8) is 0 Å². The van der Waals surface area contributed by atoms with E-state index < -0.39 is 0 Å². The number of thiophene rings is 1. The van der Waals surface area contributed by atoms with Gasteiger partial charge in [0.2, 0.25) is 5.91 Å². The highest BCUT2D eigenvalue weighted by molar-refractivity contribution is 7.09. The molecule has 0 saturated carbocycles. The average molecular weight is 407 g/mol. The molecule has 146 valence electrons. The van der Waals surface area contributed by atoms with Crippen LogP contribution in [0.1, 0.15) is 40.8 Å². The van der Waals surface area contributed by atoms with Crippen molar-refractivity contribution in [2.45, 2.75) is 32.7 Å². The molecule has 0 unspecified atom stereocenters. The van der Waals surface area contributed by atoms with Gasteiger partial charge in [0.15, 0.2) is 0 Å². The van der Waals surface area contributed by atoms with E-state index in [0.717, 1.165) is 44.8 Å². The SMILES string of the molecule is CCc1nc(CN2CCN(C(=O)CCCNC(=O)c3ccsc3)CC2)cs1. The largest absolute Gasteiger partial charge is 0.352 e. The first-order valence-corrected chi connectivity index (χ1v) is 11.2. The number of hydrogen-bond donors (Lipinski definition) is 1. The molecule has 27 heavy (non-hydrogen) atoms. The van der Waals surface area contributed by atoms with Gasteiger partial charge in [0.1, 0.15) is 0 Å². The van der Waals surface area contributed by atoms with Crippen molar-refractivity contribution in [1.29, 1.82) is 0 Å². The zero-order valence-electron chi connectivity index (χ0n) is 15.6. The van der Waals surface area contributed by atoms with Gasteiger partial charge in [0.05, 0.1) is 10.7 Å². The third-order valence-electron chi connectivity index (χ3n) is 4.65. The monoisotopic (exact) mass is 406 g/mol. The van der Waals surface area contributed by atoms with Crippen LogP contribution in [0, 0.1) is 0 Å². The van der Waals surface area contributed by atoms with Gasteiger partial charge in [-0.15, -0.1) is 11.3 Å². The van der Waals surface area contributed by atoms with Crippen LogP contribution in [0.15, 0.2) is 22.2 Å². The zero-order valence-corrected chi connectivity index (χ0v) is 17.3. The third-order valence-corrected chi connectivity index (χ3v) is 6.37. The number of amides is 2. The van der Waals surface area contributed by atoms with E-state index in [1.165, 1.54) is 16.3 Å². The van der Waals surface area contributed by atoms with E-state index in [-0.39, 0.29) is 11.8 Å². The van der Waals surface area contributed by atoms with E-state index in [4.69, 9.17) is 0 Å². The number of carbonyl (C=O) groups excluding carboxylic acids is 2. The van der Waals surface area contributed by atoms with Crippen LogP contribution in [0.25, 0.3) is 0 Å². The molecule has 8 heteroatoms. The van der Waals surface area contributed by atoms with Crippen LogP contribution in [0.5, 0.6) is 0 Å². The Kier molecular flexibility index (Phi) is 7.37. The minimum Gasteiger partial charge on any atom is -0.352 e. The van der Waals surface area contributed by atoms with Crippen LogP contribution in [0.3, 0.4) is 0 Å². The number of hydrogen-bond acceptors (Lipinski definition) is 6. The predicted molar refractivity (Wildman–Crippen MR) is 109 cm³/mol. The summed E-state index contributed by atoms with van der Waals surface area (Å²) in [5.41, 5.74) is 1.83. The van der Waals surface area contributed by atoms with Gasteiger partial charge in [-0.1, -0.05) is 6.92 Å². The molecule has 1 fully saturated rings. The lowest BCUT2D eigenvalue weighted by molar-refractivity contribution is -0.133. The van der Waals surface area contributed by atoms with E-state index in [1.54, 1.807) is 17.4 Å². The summed E-state index contributed by atoms with van der Waals surface area (Å²) in [7, 11) is 0. The first-order chi connectivity index (χ1) is 13.2. The maximum atomic E-state index is 12.4. The first kappa shape index (κ1) is 20.0. The van der Waals surface area contributed by atoms with Gasteiger partial charge in [0.25, 0.3) is 5.91 Å². The first-order valence-electron chi connectivity index (χ1n) is 9.39. The van der Waals surface area contributed by atoms with Gasteiger partial charge in [-0.05, 0) is 24.3 Å². The standard InChI is InChI=1S/C19H26N4O2S2/c1-2-17-21-16(14-27-17)12-22-7-9-23(10-8-22)18(24)4-3-6-20-19(25)15-5-11-26-13-15/h5,11,13-14H,2-4,6-10,12H2,1H3,(H,20,25).